The summed E-state index contributed by atoms with van der Waals surface area (Å²) < 4.78 is 11.3. The molecule has 0 spiro atoms. The monoisotopic (exact) mass is 343 g/mol. The first-order valence-electron chi connectivity index (χ1n) is 8.71. The molecule has 2 aromatic carbocycles. The van der Waals surface area contributed by atoms with Crippen LogP contribution in [0.2, 0.25) is 0 Å². The Balaban J connectivity index is 1.68. The van der Waals surface area contributed by atoms with Crippen LogP contribution in [-0.2, 0) is 6.54 Å². The van der Waals surface area contributed by atoms with Gasteiger partial charge in [0.25, 0.3) is 0 Å². The number of nitrogens with zero attached hydrogens (tertiary/aromatic N) is 1. The molecule has 0 saturated carbocycles. The van der Waals surface area contributed by atoms with Gasteiger partial charge in [0.05, 0.1) is 25.9 Å². The SMILES string of the molecule is OCCN(Cc1ccccc1)CC(O)c1ccc2c(c1)OCCCO2. The van der Waals surface area contributed by atoms with E-state index in [9.17, 15) is 10.2 Å². The van der Waals surface area contributed by atoms with E-state index in [1.165, 1.54) is 0 Å². The number of rotatable bonds is 7. The first-order valence-corrected chi connectivity index (χ1v) is 8.71. The average molecular weight is 343 g/mol. The van der Waals surface area contributed by atoms with E-state index < -0.39 is 6.10 Å². The fourth-order valence-electron chi connectivity index (χ4n) is 2.96. The third-order valence-electron chi connectivity index (χ3n) is 4.25. The standard InChI is InChI=1S/C20H25NO4/c22-10-9-21(14-16-5-2-1-3-6-16)15-18(23)17-7-8-19-20(13-17)25-12-4-11-24-19/h1-3,5-8,13,18,22-23H,4,9-12,14-15H2. The molecule has 0 fully saturated rings. The summed E-state index contributed by atoms with van der Waals surface area (Å²) in [5.74, 6) is 1.41. The molecular weight excluding hydrogens is 318 g/mol. The molecule has 1 aliphatic heterocycles. The summed E-state index contributed by atoms with van der Waals surface area (Å²) in [6.07, 6.45) is 0.195. The Morgan fingerprint density at radius 1 is 1.00 bits per heavy atom. The number of hydrogen-bond donors (Lipinski definition) is 2. The molecule has 2 N–H and O–H groups in total. The van der Waals surface area contributed by atoms with Gasteiger partial charge in [-0.2, -0.15) is 0 Å². The smallest absolute Gasteiger partial charge is 0.161 e. The van der Waals surface area contributed by atoms with Crippen LogP contribution < -0.4 is 9.47 Å². The molecule has 1 heterocycles. The highest BCUT2D eigenvalue weighted by Crippen LogP contribution is 2.32. The van der Waals surface area contributed by atoms with Crippen LogP contribution in [0.5, 0.6) is 11.5 Å². The van der Waals surface area contributed by atoms with Gasteiger partial charge in [0.15, 0.2) is 11.5 Å². The van der Waals surface area contributed by atoms with Crippen molar-refractivity contribution in [3.05, 3.63) is 59.7 Å². The van der Waals surface area contributed by atoms with Crippen LogP contribution in [-0.4, -0.2) is 48.0 Å². The molecule has 1 atom stereocenters. The van der Waals surface area contributed by atoms with Gasteiger partial charge in [-0.25, -0.2) is 0 Å². The highest BCUT2D eigenvalue weighted by atomic mass is 16.5. The number of aliphatic hydroxyl groups excluding tert-OH is 2. The maximum Gasteiger partial charge on any atom is 0.161 e. The molecular formula is C20H25NO4. The molecule has 1 aliphatic rings. The van der Waals surface area contributed by atoms with Crippen molar-refractivity contribution >= 4 is 0 Å². The topological polar surface area (TPSA) is 62.2 Å². The first kappa shape index (κ1) is 17.7. The molecule has 5 nitrogen and oxygen atoms in total. The lowest BCUT2D eigenvalue weighted by molar-refractivity contribution is 0.0954. The second-order valence-corrected chi connectivity index (χ2v) is 6.22. The van der Waals surface area contributed by atoms with Crippen LogP contribution in [0, 0.1) is 0 Å². The predicted molar refractivity (Wildman–Crippen MR) is 95.8 cm³/mol. The van der Waals surface area contributed by atoms with Gasteiger partial charge in [0.2, 0.25) is 0 Å². The number of benzene rings is 2. The third kappa shape index (κ3) is 4.95. The largest absolute Gasteiger partial charge is 0.490 e. The van der Waals surface area contributed by atoms with E-state index in [-0.39, 0.29) is 6.61 Å². The molecule has 25 heavy (non-hydrogen) atoms. The quantitative estimate of drug-likeness (QED) is 0.808. The second kappa shape index (κ2) is 8.85. The van der Waals surface area contributed by atoms with Gasteiger partial charge >= 0.3 is 0 Å². The molecule has 134 valence electrons. The molecule has 0 aliphatic carbocycles. The fourth-order valence-corrected chi connectivity index (χ4v) is 2.96. The zero-order chi connectivity index (χ0) is 17.5. The third-order valence-corrected chi connectivity index (χ3v) is 4.25. The van der Waals surface area contributed by atoms with Crippen LogP contribution in [0.15, 0.2) is 48.5 Å². The van der Waals surface area contributed by atoms with Crippen LogP contribution >= 0.6 is 0 Å². The van der Waals surface area contributed by atoms with Crippen molar-refractivity contribution < 1.29 is 19.7 Å². The van der Waals surface area contributed by atoms with Crippen molar-refractivity contribution in [3.8, 4) is 11.5 Å². The molecule has 5 heteroatoms. The maximum atomic E-state index is 10.6. The fraction of sp³-hybridized carbons (Fsp3) is 0.400. The lowest BCUT2D eigenvalue weighted by Crippen LogP contribution is -2.31. The molecule has 0 bridgehead atoms. The van der Waals surface area contributed by atoms with Gasteiger partial charge < -0.3 is 19.7 Å². The van der Waals surface area contributed by atoms with E-state index in [1.807, 2.05) is 53.4 Å². The Kier molecular flexibility index (Phi) is 6.28. The summed E-state index contributed by atoms with van der Waals surface area (Å²) in [6, 6.07) is 15.6. The Labute approximate surface area is 148 Å². The summed E-state index contributed by atoms with van der Waals surface area (Å²) in [5, 5.41) is 20.0. The Morgan fingerprint density at radius 3 is 2.52 bits per heavy atom. The van der Waals surface area contributed by atoms with E-state index in [0.717, 1.165) is 23.3 Å². The summed E-state index contributed by atoms with van der Waals surface area (Å²) >= 11 is 0. The highest BCUT2D eigenvalue weighted by Gasteiger charge is 2.17. The van der Waals surface area contributed by atoms with Crippen LogP contribution in [0.3, 0.4) is 0 Å². The van der Waals surface area contributed by atoms with E-state index in [1.54, 1.807) is 0 Å². The van der Waals surface area contributed by atoms with Crippen molar-refractivity contribution in [1.29, 1.82) is 0 Å². The van der Waals surface area contributed by atoms with Gasteiger partial charge in [0.1, 0.15) is 0 Å². The lowest BCUT2D eigenvalue weighted by Gasteiger charge is -2.25. The molecule has 1 unspecified atom stereocenters. The van der Waals surface area contributed by atoms with Gasteiger partial charge in [-0.05, 0) is 23.3 Å². The van der Waals surface area contributed by atoms with E-state index >= 15 is 0 Å². The van der Waals surface area contributed by atoms with Crippen molar-refractivity contribution in [3.63, 3.8) is 0 Å². The minimum absolute atomic E-state index is 0.0562. The summed E-state index contributed by atoms with van der Waals surface area (Å²) in [4.78, 5) is 2.04. The van der Waals surface area contributed by atoms with Crippen molar-refractivity contribution in [1.82, 2.24) is 4.90 Å². The maximum absolute atomic E-state index is 10.6. The Morgan fingerprint density at radius 2 is 1.76 bits per heavy atom. The molecule has 2 aromatic rings. The summed E-state index contributed by atoms with van der Waals surface area (Å²) in [5.41, 5.74) is 1.95. The minimum atomic E-state index is -0.660. The van der Waals surface area contributed by atoms with E-state index in [0.29, 0.717) is 38.6 Å². The van der Waals surface area contributed by atoms with Crippen molar-refractivity contribution in [2.75, 3.05) is 32.9 Å². The highest BCUT2D eigenvalue weighted by molar-refractivity contribution is 5.44. The molecule has 0 saturated heterocycles. The van der Waals surface area contributed by atoms with Crippen molar-refractivity contribution in [2.24, 2.45) is 0 Å². The molecule has 0 aromatic heterocycles. The Bertz CT molecular complexity index is 662. The molecule has 0 radical (unpaired) electrons. The number of fused-ring (bicyclic) bond motifs is 1. The average Bonchev–Trinajstić information content (AvgIpc) is 2.87. The first-order chi connectivity index (χ1) is 12.3. The predicted octanol–water partition coefficient (Wildman–Crippen LogP) is 2.38. The lowest BCUT2D eigenvalue weighted by atomic mass is 10.1. The zero-order valence-corrected chi connectivity index (χ0v) is 14.3. The van der Waals surface area contributed by atoms with Gasteiger partial charge in [0, 0.05) is 26.1 Å². The molecule has 0 amide bonds. The van der Waals surface area contributed by atoms with Crippen LogP contribution in [0.4, 0.5) is 0 Å². The van der Waals surface area contributed by atoms with Crippen molar-refractivity contribution in [2.45, 2.75) is 19.1 Å². The van der Waals surface area contributed by atoms with E-state index in [2.05, 4.69) is 0 Å². The summed E-state index contributed by atoms with van der Waals surface area (Å²) in [6.45, 7) is 2.96. The zero-order valence-electron chi connectivity index (χ0n) is 14.3. The summed E-state index contributed by atoms with van der Waals surface area (Å²) in [7, 11) is 0. The minimum Gasteiger partial charge on any atom is -0.490 e. The number of ether oxygens (including phenoxy) is 2. The van der Waals surface area contributed by atoms with E-state index in [4.69, 9.17) is 9.47 Å². The van der Waals surface area contributed by atoms with Gasteiger partial charge in [-0.1, -0.05) is 36.4 Å². The second-order valence-electron chi connectivity index (χ2n) is 6.22. The van der Waals surface area contributed by atoms with Crippen LogP contribution in [0.1, 0.15) is 23.7 Å². The van der Waals surface area contributed by atoms with Gasteiger partial charge in [-0.3, -0.25) is 4.90 Å². The van der Waals surface area contributed by atoms with Crippen LogP contribution in [0.25, 0.3) is 0 Å². The number of aliphatic hydroxyl groups is 2. The normalized spacial score (nSPS) is 15.0. The molecule has 3 rings (SSSR count). The Hall–Kier alpha value is -2.08. The van der Waals surface area contributed by atoms with Gasteiger partial charge in [-0.15, -0.1) is 0 Å². The number of hydrogen-bond acceptors (Lipinski definition) is 5.